The molecule has 1 atom stereocenters. The number of hydrazine groups is 1. The molecule has 0 aromatic rings. The summed E-state index contributed by atoms with van der Waals surface area (Å²) in [6.07, 6.45) is 1.89. The van der Waals surface area contributed by atoms with Gasteiger partial charge in [0.2, 0.25) is 0 Å². The third-order valence-corrected chi connectivity index (χ3v) is 1.97. The van der Waals surface area contributed by atoms with Crippen LogP contribution in [0.2, 0.25) is 0 Å². The first-order chi connectivity index (χ1) is 4.36. The van der Waals surface area contributed by atoms with E-state index in [-0.39, 0.29) is 12.4 Å². The quantitative estimate of drug-likeness (QED) is 0.538. The van der Waals surface area contributed by atoms with E-state index >= 15 is 0 Å². The van der Waals surface area contributed by atoms with E-state index in [1.54, 1.807) is 0 Å². The molecule has 10 heavy (non-hydrogen) atoms. The summed E-state index contributed by atoms with van der Waals surface area (Å²) >= 11 is 4.35. The molecule has 0 aliphatic carbocycles. The van der Waals surface area contributed by atoms with Crippen LogP contribution in [0, 0.1) is 0 Å². The summed E-state index contributed by atoms with van der Waals surface area (Å²) < 4.78 is 0. The van der Waals surface area contributed by atoms with Gasteiger partial charge >= 0.3 is 0 Å². The largest absolute Gasteiger partial charge is 0.293 e. The van der Waals surface area contributed by atoms with Crippen LogP contribution in [0.5, 0.6) is 0 Å². The molecular formula is C5H10ClN3S. The van der Waals surface area contributed by atoms with Crippen molar-refractivity contribution >= 4 is 31.4 Å². The Labute approximate surface area is 71.9 Å². The van der Waals surface area contributed by atoms with Crippen molar-refractivity contribution in [3.63, 3.8) is 0 Å². The van der Waals surface area contributed by atoms with E-state index in [1.165, 1.54) is 0 Å². The van der Waals surface area contributed by atoms with E-state index in [9.17, 15) is 0 Å². The van der Waals surface area contributed by atoms with Crippen LogP contribution in [-0.2, 0) is 0 Å². The Bertz CT molecular complexity index is 152. The van der Waals surface area contributed by atoms with Crippen molar-refractivity contribution in [3.05, 3.63) is 0 Å². The van der Waals surface area contributed by atoms with Crippen molar-refractivity contribution in [1.82, 2.24) is 10.0 Å². The third-order valence-electron chi connectivity index (χ3n) is 1.64. The van der Waals surface area contributed by atoms with Gasteiger partial charge < -0.3 is 0 Å². The molecular weight excluding hydrogens is 170 g/mol. The molecule has 2 heterocycles. The number of thiol groups is 1. The fourth-order valence-electron chi connectivity index (χ4n) is 1.22. The Morgan fingerprint density at radius 3 is 3.00 bits per heavy atom. The molecule has 0 aromatic heterocycles. The number of aliphatic imine (C=N–C) groups is 1. The molecule has 2 aliphatic heterocycles. The first-order valence-electron chi connectivity index (χ1n) is 3.06. The highest BCUT2D eigenvalue weighted by Gasteiger charge is 2.28. The van der Waals surface area contributed by atoms with Gasteiger partial charge in [-0.15, -0.1) is 12.4 Å². The molecule has 0 spiro atoms. The molecule has 0 amide bonds. The number of rotatable bonds is 0. The van der Waals surface area contributed by atoms with Crippen molar-refractivity contribution in [2.75, 3.05) is 19.8 Å². The Hall–Kier alpha value is 0.0700. The lowest BCUT2D eigenvalue weighted by Crippen LogP contribution is -2.29. The van der Waals surface area contributed by atoms with Crippen LogP contribution in [0.1, 0.15) is 0 Å². The van der Waals surface area contributed by atoms with Gasteiger partial charge in [0.1, 0.15) is 13.0 Å². The van der Waals surface area contributed by atoms with Gasteiger partial charge in [0.15, 0.2) is 0 Å². The minimum Gasteiger partial charge on any atom is -0.293 e. The van der Waals surface area contributed by atoms with Crippen LogP contribution in [0.15, 0.2) is 4.99 Å². The summed E-state index contributed by atoms with van der Waals surface area (Å²) in [7, 11) is 0. The maximum Gasteiger partial charge on any atom is 0.110 e. The zero-order valence-electron chi connectivity index (χ0n) is 5.47. The lowest BCUT2D eigenvalue weighted by Gasteiger charge is -2.15. The van der Waals surface area contributed by atoms with Gasteiger partial charge in [0, 0.05) is 18.3 Å². The van der Waals surface area contributed by atoms with E-state index in [2.05, 4.69) is 27.6 Å². The minimum absolute atomic E-state index is 0. The predicted molar refractivity (Wildman–Crippen MR) is 46.8 cm³/mol. The van der Waals surface area contributed by atoms with Crippen LogP contribution >= 0.6 is 25.0 Å². The maximum atomic E-state index is 4.35. The molecule has 0 bridgehead atoms. The van der Waals surface area contributed by atoms with E-state index < -0.39 is 0 Å². The van der Waals surface area contributed by atoms with E-state index in [4.69, 9.17) is 0 Å². The van der Waals surface area contributed by atoms with Crippen LogP contribution in [0.25, 0.3) is 0 Å². The van der Waals surface area contributed by atoms with Gasteiger partial charge in [-0.2, -0.15) is 17.6 Å². The second kappa shape index (κ2) is 2.98. The molecule has 58 valence electrons. The van der Waals surface area contributed by atoms with E-state index in [0.29, 0.717) is 5.25 Å². The lowest BCUT2D eigenvalue weighted by atomic mass is 10.4. The second-order valence-corrected chi connectivity index (χ2v) is 3.13. The highest BCUT2D eigenvalue weighted by Crippen LogP contribution is 2.15. The molecule has 5 heteroatoms. The molecule has 0 aromatic carbocycles. The van der Waals surface area contributed by atoms with Gasteiger partial charge in [-0.05, 0) is 0 Å². The zero-order valence-corrected chi connectivity index (χ0v) is 7.18. The topological polar surface area (TPSA) is 18.8 Å². The minimum atomic E-state index is 0. The van der Waals surface area contributed by atoms with E-state index in [0.717, 1.165) is 19.8 Å². The van der Waals surface area contributed by atoms with Crippen LogP contribution in [-0.4, -0.2) is 41.4 Å². The second-order valence-electron chi connectivity index (χ2n) is 2.40. The average Bonchev–Trinajstić information content (AvgIpc) is 2.22. The average molecular weight is 180 g/mol. The number of halogens is 1. The van der Waals surface area contributed by atoms with Crippen molar-refractivity contribution in [2.24, 2.45) is 4.99 Å². The van der Waals surface area contributed by atoms with Gasteiger partial charge in [0.25, 0.3) is 0 Å². The Morgan fingerprint density at radius 2 is 2.30 bits per heavy atom. The summed E-state index contributed by atoms with van der Waals surface area (Å²) in [6.45, 7) is 2.90. The SMILES string of the molecule is Cl.SC1CN2C=NCN2C1. The van der Waals surface area contributed by atoms with Crippen molar-refractivity contribution in [1.29, 1.82) is 0 Å². The molecule has 2 rings (SSSR count). The fraction of sp³-hybridized carbons (Fsp3) is 0.800. The molecule has 1 unspecified atom stereocenters. The monoisotopic (exact) mass is 179 g/mol. The maximum absolute atomic E-state index is 4.35. The van der Waals surface area contributed by atoms with Gasteiger partial charge in [-0.25, -0.2) is 0 Å². The summed E-state index contributed by atoms with van der Waals surface area (Å²) in [5, 5.41) is 4.83. The first-order valence-corrected chi connectivity index (χ1v) is 3.57. The number of hydrogen-bond donors (Lipinski definition) is 1. The number of fused-ring (bicyclic) bond motifs is 1. The van der Waals surface area contributed by atoms with Crippen molar-refractivity contribution in [2.45, 2.75) is 5.25 Å². The van der Waals surface area contributed by atoms with Crippen molar-refractivity contribution < 1.29 is 0 Å². The normalized spacial score (nSPS) is 30.5. The Morgan fingerprint density at radius 1 is 1.50 bits per heavy atom. The smallest absolute Gasteiger partial charge is 0.110 e. The molecule has 3 nitrogen and oxygen atoms in total. The van der Waals surface area contributed by atoms with Gasteiger partial charge in [-0.1, -0.05) is 0 Å². The zero-order chi connectivity index (χ0) is 6.27. The Kier molecular flexibility index (Phi) is 2.44. The molecule has 0 N–H and O–H groups in total. The van der Waals surface area contributed by atoms with Crippen LogP contribution in [0.4, 0.5) is 0 Å². The van der Waals surface area contributed by atoms with Crippen LogP contribution in [0.3, 0.4) is 0 Å². The highest BCUT2D eigenvalue weighted by molar-refractivity contribution is 7.81. The number of nitrogens with zero attached hydrogens (tertiary/aromatic N) is 3. The molecule has 0 saturated carbocycles. The lowest BCUT2D eigenvalue weighted by molar-refractivity contribution is 0.139. The molecule has 1 saturated heterocycles. The summed E-state index contributed by atoms with van der Waals surface area (Å²) in [4.78, 5) is 4.10. The van der Waals surface area contributed by atoms with E-state index in [1.807, 2.05) is 6.34 Å². The van der Waals surface area contributed by atoms with Crippen LogP contribution < -0.4 is 0 Å². The highest BCUT2D eigenvalue weighted by atomic mass is 35.5. The first kappa shape index (κ1) is 8.17. The number of hydrogen-bond acceptors (Lipinski definition) is 4. The van der Waals surface area contributed by atoms with Gasteiger partial charge in [0.05, 0.1) is 0 Å². The predicted octanol–water partition coefficient (Wildman–Crippen LogP) is 0.239. The summed E-state index contributed by atoms with van der Waals surface area (Å²) in [6, 6.07) is 0. The molecule has 1 fully saturated rings. The molecule has 2 aliphatic rings. The van der Waals surface area contributed by atoms with Crippen molar-refractivity contribution in [3.8, 4) is 0 Å². The Balaban J connectivity index is 0.000000500. The van der Waals surface area contributed by atoms with Gasteiger partial charge in [-0.3, -0.25) is 10.0 Å². The fourth-order valence-corrected chi connectivity index (χ4v) is 1.58. The standard InChI is InChI=1S/C5H9N3S.ClH/c9-5-1-7-3-6-4-8(7)2-5;/h3,5,9H,1-2,4H2;1H. The third kappa shape index (κ3) is 1.24. The molecule has 0 radical (unpaired) electrons. The summed E-state index contributed by atoms with van der Waals surface area (Å²) in [5.74, 6) is 0. The summed E-state index contributed by atoms with van der Waals surface area (Å²) in [5.41, 5.74) is 0.